The van der Waals surface area contributed by atoms with Crippen LogP contribution in [0.5, 0.6) is 11.5 Å². The summed E-state index contributed by atoms with van der Waals surface area (Å²) in [6.45, 7) is 4.00. The van der Waals surface area contributed by atoms with Crippen LogP contribution in [0, 0.1) is 10.1 Å². The minimum Gasteiger partial charge on any atom is -0.504 e. The second kappa shape index (κ2) is 7.10. The predicted molar refractivity (Wildman–Crippen MR) is 64.0 cm³/mol. The molecular weight excluding hydrogens is 242 g/mol. The summed E-state index contributed by atoms with van der Waals surface area (Å²) >= 11 is 0. The zero-order valence-electron chi connectivity index (χ0n) is 10.6. The van der Waals surface area contributed by atoms with Crippen molar-refractivity contribution in [1.82, 2.24) is 0 Å². The number of hydrogen-bond donors (Lipinski definition) is 1. The number of nitro benzene ring substituents is 1. The van der Waals surface area contributed by atoms with Gasteiger partial charge >= 0.3 is 5.97 Å². The molecular formula is C11H15NO6. The van der Waals surface area contributed by atoms with Crippen molar-refractivity contribution >= 4 is 11.7 Å². The molecule has 0 aliphatic carbocycles. The van der Waals surface area contributed by atoms with E-state index in [4.69, 9.17) is 4.74 Å². The van der Waals surface area contributed by atoms with Crippen LogP contribution in [0.25, 0.3) is 0 Å². The average molecular weight is 257 g/mol. The first-order chi connectivity index (χ1) is 8.51. The summed E-state index contributed by atoms with van der Waals surface area (Å²) in [7, 11) is 2.34. The van der Waals surface area contributed by atoms with Crippen LogP contribution in [0.3, 0.4) is 0 Å². The van der Waals surface area contributed by atoms with Gasteiger partial charge in [-0.15, -0.1) is 0 Å². The highest BCUT2D eigenvalue weighted by Gasteiger charge is 2.24. The van der Waals surface area contributed by atoms with Gasteiger partial charge in [0.15, 0.2) is 11.5 Å². The summed E-state index contributed by atoms with van der Waals surface area (Å²) in [5.41, 5.74) is -0.813. The van der Waals surface area contributed by atoms with Crippen molar-refractivity contribution in [3.05, 3.63) is 27.8 Å². The molecule has 0 amide bonds. The molecule has 100 valence electrons. The third kappa shape index (κ3) is 3.34. The van der Waals surface area contributed by atoms with E-state index in [1.54, 1.807) is 0 Å². The Morgan fingerprint density at radius 2 is 1.89 bits per heavy atom. The summed E-state index contributed by atoms with van der Waals surface area (Å²) in [6.07, 6.45) is 0. The molecule has 1 N–H and O–H groups in total. The monoisotopic (exact) mass is 257 g/mol. The first kappa shape index (κ1) is 15.7. The summed E-state index contributed by atoms with van der Waals surface area (Å²) < 4.78 is 9.06. The van der Waals surface area contributed by atoms with E-state index in [0.717, 1.165) is 19.2 Å². The van der Waals surface area contributed by atoms with Gasteiger partial charge in [0.1, 0.15) is 5.56 Å². The van der Waals surface area contributed by atoms with Gasteiger partial charge in [-0.05, 0) is 0 Å². The molecule has 1 rings (SSSR count). The van der Waals surface area contributed by atoms with Gasteiger partial charge in [0.25, 0.3) is 5.69 Å². The molecule has 0 aliphatic rings. The summed E-state index contributed by atoms with van der Waals surface area (Å²) in [5, 5.41) is 20.1. The third-order valence-electron chi connectivity index (χ3n) is 1.90. The SMILES string of the molecule is CC.COC(=O)c1cc(O)c(OC)cc1[N+](=O)[O-]. The largest absolute Gasteiger partial charge is 0.504 e. The van der Waals surface area contributed by atoms with E-state index in [1.807, 2.05) is 13.8 Å². The molecule has 0 saturated carbocycles. The quantitative estimate of drug-likeness (QED) is 0.506. The Balaban J connectivity index is 0.00000137. The molecule has 0 bridgehead atoms. The Bertz CT molecular complexity index is 443. The molecule has 7 heteroatoms. The fraction of sp³-hybridized carbons (Fsp3) is 0.364. The number of phenolic OH excluding ortho intramolecular Hbond substituents is 1. The molecule has 0 atom stereocenters. The number of aromatic hydroxyl groups is 1. The average Bonchev–Trinajstić information content (AvgIpc) is 2.39. The first-order valence-electron chi connectivity index (χ1n) is 5.15. The third-order valence-corrected chi connectivity index (χ3v) is 1.90. The van der Waals surface area contributed by atoms with E-state index in [1.165, 1.54) is 7.11 Å². The first-order valence-corrected chi connectivity index (χ1v) is 5.15. The zero-order chi connectivity index (χ0) is 14.3. The minimum atomic E-state index is -0.898. The Kier molecular flexibility index (Phi) is 6.19. The van der Waals surface area contributed by atoms with Gasteiger partial charge in [0.05, 0.1) is 25.2 Å². The topological polar surface area (TPSA) is 98.9 Å². The number of nitro groups is 1. The van der Waals surface area contributed by atoms with E-state index in [9.17, 15) is 20.0 Å². The molecule has 7 nitrogen and oxygen atoms in total. The molecule has 0 aromatic heterocycles. The molecule has 0 unspecified atom stereocenters. The maximum atomic E-state index is 11.2. The molecule has 1 aromatic carbocycles. The number of carbonyl (C=O) groups is 1. The van der Waals surface area contributed by atoms with Crippen molar-refractivity contribution in [2.24, 2.45) is 0 Å². The van der Waals surface area contributed by atoms with E-state index in [0.29, 0.717) is 0 Å². The van der Waals surface area contributed by atoms with E-state index < -0.39 is 16.6 Å². The highest BCUT2D eigenvalue weighted by Crippen LogP contribution is 2.33. The summed E-state index contributed by atoms with van der Waals surface area (Å²) in [5.74, 6) is -1.35. The van der Waals surface area contributed by atoms with Crippen LogP contribution < -0.4 is 4.74 Å². The van der Waals surface area contributed by atoms with Crippen LogP contribution in [-0.2, 0) is 4.74 Å². The van der Waals surface area contributed by atoms with Crippen molar-refractivity contribution in [2.75, 3.05) is 14.2 Å². The number of phenols is 1. The molecule has 0 radical (unpaired) electrons. The Hall–Kier alpha value is -2.31. The smallest absolute Gasteiger partial charge is 0.345 e. The van der Waals surface area contributed by atoms with Crippen molar-refractivity contribution in [3.8, 4) is 11.5 Å². The van der Waals surface area contributed by atoms with Crippen LogP contribution in [-0.4, -0.2) is 30.2 Å². The normalized spacial score (nSPS) is 8.89. The molecule has 0 spiro atoms. The number of benzene rings is 1. The Morgan fingerprint density at radius 3 is 2.28 bits per heavy atom. The lowest BCUT2D eigenvalue weighted by atomic mass is 10.1. The molecule has 18 heavy (non-hydrogen) atoms. The highest BCUT2D eigenvalue weighted by atomic mass is 16.6. The van der Waals surface area contributed by atoms with Crippen LogP contribution in [0.15, 0.2) is 12.1 Å². The molecule has 0 saturated heterocycles. The fourth-order valence-electron chi connectivity index (χ4n) is 1.15. The number of nitrogens with zero attached hydrogens (tertiary/aromatic N) is 1. The number of methoxy groups -OCH3 is 2. The highest BCUT2D eigenvalue weighted by molar-refractivity contribution is 5.94. The van der Waals surface area contributed by atoms with Crippen molar-refractivity contribution < 1.29 is 24.3 Å². The lowest BCUT2D eigenvalue weighted by Gasteiger charge is -2.06. The summed E-state index contributed by atoms with van der Waals surface area (Å²) in [6, 6.07) is 1.89. The number of ether oxygens (including phenoxy) is 2. The second-order valence-electron chi connectivity index (χ2n) is 2.79. The zero-order valence-corrected chi connectivity index (χ0v) is 10.6. The molecule has 1 aromatic rings. The Morgan fingerprint density at radius 1 is 1.33 bits per heavy atom. The Labute approximate surface area is 104 Å². The van der Waals surface area contributed by atoms with Gasteiger partial charge in [-0.25, -0.2) is 4.79 Å². The fourth-order valence-corrected chi connectivity index (χ4v) is 1.15. The van der Waals surface area contributed by atoms with Gasteiger partial charge in [-0.2, -0.15) is 0 Å². The summed E-state index contributed by atoms with van der Waals surface area (Å²) in [4.78, 5) is 21.1. The van der Waals surface area contributed by atoms with E-state index in [-0.39, 0.29) is 17.1 Å². The number of carbonyl (C=O) groups excluding carboxylic acids is 1. The number of esters is 1. The molecule has 0 heterocycles. The van der Waals surface area contributed by atoms with Crippen molar-refractivity contribution in [1.29, 1.82) is 0 Å². The van der Waals surface area contributed by atoms with E-state index >= 15 is 0 Å². The van der Waals surface area contributed by atoms with Crippen molar-refractivity contribution in [3.63, 3.8) is 0 Å². The molecule has 0 fully saturated rings. The number of hydrogen-bond acceptors (Lipinski definition) is 6. The van der Waals surface area contributed by atoms with E-state index in [2.05, 4.69) is 4.74 Å². The van der Waals surface area contributed by atoms with Gasteiger partial charge in [-0.1, -0.05) is 13.8 Å². The second-order valence-corrected chi connectivity index (χ2v) is 2.79. The maximum Gasteiger partial charge on any atom is 0.345 e. The van der Waals surface area contributed by atoms with Gasteiger partial charge < -0.3 is 14.6 Å². The number of rotatable bonds is 3. The van der Waals surface area contributed by atoms with Crippen LogP contribution in [0.1, 0.15) is 24.2 Å². The maximum absolute atomic E-state index is 11.2. The lowest BCUT2D eigenvalue weighted by Crippen LogP contribution is -2.06. The van der Waals surface area contributed by atoms with Gasteiger partial charge in [-0.3, -0.25) is 10.1 Å². The van der Waals surface area contributed by atoms with Crippen LogP contribution >= 0.6 is 0 Å². The van der Waals surface area contributed by atoms with Crippen LogP contribution in [0.2, 0.25) is 0 Å². The van der Waals surface area contributed by atoms with Crippen molar-refractivity contribution in [2.45, 2.75) is 13.8 Å². The lowest BCUT2D eigenvalue weighted by molar-refractivity contribution is -0.385. The van der Waals surface area contributed by atoms with Crippen LogP contribution in [0.4, 0.5) is 5.69 Å². The standard InChI is InChI=1S/C9H9NO6.C2H6/c1-15-8-4-6(10(13)14)5(3-7(8)11)9(12)16-2;1-2/h3-4,11H,1-2H3;1-2H3. The van der Waals surface area contributed by atoms with Gasteiger partial charge in [0, 0.05) is 6.07 Å². The predicted octanol–water partition coefficient (Wildman–Crippen LogP) is 2.12. The minimum absolute atomic E-state index is 0.0839. The molecule has 0 aliphatic heterocycles. The van der Waals surface area contributed by atoms with Gasteiger partial charge in [0.2, 0.25) is 0 Å².